The number of piperazine rings is 1. The Labute approximate surface area is 182 Å². The van der Waals surface area contributed by atoms with E-state index < -0.39 is 27.6 Å². The average molecular weight is 467 g/mol. The lowest BCUT2D eigenvalue weighted by molar-refractivity contribution is -0.142. The lowest BCUT2D eigenvalue weighted by Crippen LogP contribution is -2.47. The van der Waals surface area contributed by atoms with E-state index in [1.54, 1.807) is 4.90 Å². The number of amides is 1. The second kappa shape index (κ2) is 7.85. The first-order valence-corrected chi connectivity index (χ1v) is 11.6. The van der Waals surface area contributed by atoms with Crippen LogP contribution in [0.25, 0.3) is 16.9 Å². The SMILES string of the molecule is CN1CCN(C(=O)c2cnn3c(C(F)(F)F)cc(-c4ccc(S(C)(=O)=O)cc4)nc23)CC1. The van der Waals surface area contributed by atoms with Gasteiger partial charge in [-0.3, -0.25) is 4.79 Å². The van der Waals surface area contributed by atoms with E-state index in [1.807, 2.05) is 7.05 Å². The van der Waals surface area contributed by atoms with Crippen molar-refractivity contribution in [2.75, 3.05) is 39.5 Å². The maximum Gasteiger partial charge on any atom is 0.433 e. The van der Waals surface area contributed by atoms with Crippen LogP contribution in [0.2, 0.25) is 0 Å². The van der Waals surface area contributed by atoms with Gasteiger partial charge in [0.2, 0.25) is 0 Å². The summed E-state index contributed by atoms with van der Waals surface area (Å²) in [5, 5.41) is 3.79. The maximum absolute atomic E-state index is 13.8. The zero-order chi connectivity index (χ0) is 23.3. The van der Waals surface area contributed by atoms with Crippen molar-refractivity contribution in [2.24, 2.45) is 0 Å². The maximum atomic E-state index is 13.8. The molecule has 2 aromatic heterocycles. The van der Waals surface area contributed by atoms with Gasteiger partial charge in [-0.2, -0.15) is 18.3 Å². The second-order valence-electron chi connectivity index (χ2n) is 7.71. The molecule has 1 fully saturated rings. The van der Waals surface area contributed by atoms with Crippen LogP contribution in [-0.4, -0.2) is 78.2 Å². The predicted molar refractivity (Wildman–Crippen MR) is 110 cm³/mol. The summed E-state index contributed by atoms with van der Waals surface area (Å²) in [7, 11) is -1.54. The molecular weight excluding hydrogens is 447 g/mol. The smallest absolute Gasteiger partial charge is 0.336 e. The molecule has 4 rings (SSSR count). The largest absolute Gasteiger partial charge is 0.433 e. The van der Waals surface area contributed by atoms with Crippen LogP contribution in [-0.2, 0) is 16.0 Å². The molecule has 32 heavy (non-hydrogen) atoms. The summed E-state index contributed by atoms with van der Waals surface area (Å²) in [6.07, 6.45) is -2.60. The summed E-state index contributed by atoms with van der Waals surface area (Å²) in [4.78, 5) is 21.0. The molecule has 0 atom stereocenters. The highest BCUT2D eigenvalue weighted by Gasteiger charge is 2.36. The van der Waals surface area contributed by atoms with Crippen molar-refractivity contribution in [3.63, 3.8) is 0 Å². The number of hydrogen-bond donors (Lipinski definition) is 0. The van der Waals surface area contributed by atoms with Crippen LogP contribution in [0.3, 0.4) is 0 Å². The predicted octanol–water partition coefficient (Wildman–Crippen LogP) is 2.21. The summed E-state index contributed by atoms with van der Waals surface area (Å²) in [6.45, 7) is 2.21. The van der Waals surface area contributed by atoms with Crippen molar-refractivity contribution >= 4 is 21.4 Å². The van der Waals surface area contributed by atoms with Gasteiger partial charge in [0.25, 0.3) is 5.91 Å². The number of benzene rings is 1. The Kier molecular flexibility index (Phi) is 5.45. The molecule has 0 aliphatic carbocycles. The molecule has 0 radical (unpaired) electrons. The van der Waals surface area contributed by atoms with Gasteiger partial charge < -0.3 is 9.80 Å². The Morgan fingerprint density at radius 3 is 2.25 bits per heavy atom. The molecule has 1 amide bonds. The number of halogens is 3. The first kappa shape index (κ1) is 22.2. The molecule has 1 aliphatic rings. The fraction of sp³-hybridized carbons (Fsp3) is 0.350. The molecule has 3 aromatic rings. The van der Waals surface area contributed by atoms with Crippen LogP contribution in [0.4, 0.5) is 13.2 Å². The highest BCUT2D eigenvalue weighted by molar-refractivity contribution is 7.90. The van der Waals surface area contributed by atoms with Gasteiger partial charge in [-0.15, -0.1) is 0 Å². The summed E-state index contributed by atoms with van der Waals surface area (Å²) in [5.41, 5.74) is -1.06. The first-order valence-electron chi connectivity index (χ1n) is 9.69. The third kappa shape index (κ3) is 4.19. The fourth-order valence-electron chi connectivity index (χ4n) is 3.52. The van der Waals surface area contributed by atoms with Crippen LogP contribution in [0, 0.1) is 0 Å². The van der Waals surface area contributed by atoms with Gasteiger partial charge in [0.1, 0.15) is 5.56 Å². The number of fused-ring (bicyclic) bond motifs is 1. The average Bonchev–Trinajstić information content (AvgIpc) is 3.15. The molecule has 1 aliphatic heterocycles. The number of alkyl halides is 3. The lowest BCUT2D eigenvalue weighted by Gasteiger charge is -2.32. The van der Waals surface area contributed by atoms with Crippen LogP contribution < -0.4 is 0 Å². The van der Waals surface area contributed by atoms with Crippen molar-refractivity contribution in [3.8, 4) is 11.3 Å². The molecule has 0 spiro atoms. The summed E-state index contributed by atoms with van der Waals surface area (Å²) < 4.78 is 65.3. The second-order valence-corrected chi connectivity index (χ2v) is 9.73. The van der Waals surface area contributed by atoms with Crippen molar-refractivity contribution in [3.05, 3.63) is 47.8 Å². The number of sulfone groups is 1. The van der Waals surface area contributed by atoms with Crippen molar-refractivity contribution < 1.29 is 26.4 Å². The van der Waals surface area contributed by atoms with Gasteiger partial charge in [0.15, 0.2) is 21.2 Å². The monoisotopic (exact) mass is 467 g/mol. The summed E-state index contributed by atoms with van der Waals surface area (Å²) in [5.74, 6) is -0.432. The fourth-order valence-corrected chi connectivity index (χ4v) is 4.15. The van der Waals surface area contributed by atoms with E-state index in [0.717, 1.165) is 18.5 Å². The van der Waals surface area contributed by atoms with Gasteiger partial charge in [0, 0.05) is 38.0 Å². The third-order valence-corrected chi connectivity index (χ3v) is 6.49. The minimum absolute atomic E-state index is 0.0188. The van der Waals surface area contributed by atoms with Gasteiger partial charge >= 0.3 is 6.18 Å². The van der Waals surface area contributed by atoms with Crippen LogP contribution in [0.5, 0.6) is 0 Å². The Hall–Kier alpha value is -2.99. The molecule has 1 aromatic carbocycles. The minimum Gasteiger partial charge on any atom is -0.336 e. The van der Waals surface area contributed by atoms with E-state index in [4.69, 9.17) is 0 Å². The summed E-state index contributed by atoms with van der Waals surface area (Å²) in [6, 6.07) is 6.20. The molecule has 0 bridgehead atoms. The molecule has 8 nitrogen and oxygen atoms in total. The van der Waals surface area contributed by atoms with Crippen molar-refractivity contribution in [1.82, 2.24) is 24.4 Å². The van der Waals surface area contributed by atoms with Crippen LogP contribution in [0.1, 0.15) is 16.1 Å². The first-order chi connectivity index (χ1) is 14.9. The molecule has 0 unspecified atom stereocenters. The standard InChI is InChI=1S/C20H20F3N5O3S/c1-26-7-9-27(10-8-26)19(29)15-12-24-28-17(20(21,22)23)11-16(25-18(15)28)13-3-5-14(6-4-13)32(2,30)31/h3-6,11-12H,7-10H2,1-2H3. The highest BCUT2D eigenvalue weighted by Crippen LogP contribution is 2.33. The number of aromatic nitrogens is 3. The molecule has 0 saturated carbocycles. The molecular formula is C20H20F3N5O3S. The zero-order valence-electron chi connectivity index (χ0n) is 17.3. The molecule has 1 saturated heterocycles. The Morgan fingerprint density at radius 2 is 1.69 bits per heavy atom. The van der Waals surface area contributed by atoms with E-state index in [2.05, 4.69) is 15.0 Å². The third-order valence-electron chi connectivity index (χ3n) is 5.36. The van der Waals surface area contributed by atoms with Gasteiger partial charge in [-0.25, -0.2) is 17.9 Å². The Morgan fingerprint density at radius 1 is 1.06 bits per heavy atom. The quantitative estimate of drug-likeness (QED) is 0.587. The van der Waals surface area contributed by atoms with Crippen molar-refractivity contribution in [2.45, 2.75) is 11.1 Å². The molecule has 3 heterocycles. The van der Waals surface area contributed by atoms with Gasteiger partial charge in [-0.05, 0) is 25.2 Å². The van der Waals surface area contributed by atoms with E-state index in [9.17, 15) is 26.4 Å². The van der Waals surface area contributed by atoms with Crippen LogP contribution >= 0.6 is 0 Å². The molecule has 12 heteroatoms. The number of hydrogen-bond acceptors (Lipinski definition) is 6. The van der Waals surface area contributed by atoms with E-state index in [-0.39, 0.29) is 27.4 Å². The lowest BCUT2D eigenvalue weighted by atomic mass is 10.1. The van der Waals surface area contributed by atoms with Crippen LogP contribution in [0.15, 0.2) is 41.4 Å². The summed E-state index contributed by atoms with van der Waals surface area (Å²) >= 11 is 0. The minimum atomic E-state index is -4.75. The zero-order valence-corrected chi connectivity index (χ0v) is 18.1. The molecule has 170 valence electrons. The number of carbonyl (C=O) groups excluding carboxylic acids is 1. The van der Waals surface area contributed by atoms with Crippen molar-refractivity contribution in [1.29, 1.82) is 0 Å². The normalized spacial score (nSPS) is 16.0. The van der Waals surface area contributed by atoms with E-state index >= 15 is 0 Å². The molecule has 0 N–H and O–H groups in total. The number of likely N-dealkylation sites (N-methyl/N-ethyl adjacent to an activating group) is 1. The Bertz CT molecular complexity index is 1280. The van der Waals surface area contributed by atoms with E-state index in [1.165, 1.54) is 24.3 Å². The van der Waals surface area contributed by atoms with Gasteiger partial charge in [-0.1, -0.05) is 12.1 Å². The van der Waals surface area contributed by atoms with Gasteiger partial charge in [0.05, 0.1) is 16.8 Å². The Balaban J connectivity index is 1.83. The van der Waals surface area contributed by atoms with E-state index in [0.29, 0.717) is 30.7 Å². The topological polar surface area (TPSA) is 87.9 Å². The number of nitrogens with zero attached hydrogens (tertiary/aromatic N) is 5. The number of rotatable bonds is 3. The number of carbonyl (C=O) groups is 1. The highest BCUT2D eigenvalue weighted by atomic mass is 32.2.